The fourth-order valence-corrected chi connectivity index (χ4v) is 5.63. The van der Waals surface area contributed by atoms with Crippen molar-refractivity contribution in [2.75, 3.05) is 13.2 Å². The molecule has 3 rings (SSSR count). The summed E-state index contributed by atoms with van der Waals surface area (Å²) in [5.74, 6) is -1.16. The first-order valence-corrected chi connectivity index (χ1v) is 11.5. The van der Waals surface area contributed by atoms with Gasteiger partial charge in [-0.15, -0.1) is 0 Å². The number of esters is 1. The molecule has 1 unspecified atom stereocenters. The van der Waals surface area contributed by atoms with E-state index in [0.717, 1.165) is 16.0 Å². The van der Waals surface area contributed by atoms with Crippen molar-refractivity contribution in [2.45, 2.75) is 56.5 Å². The van der Waals surface area contributed by atoms with Crippen molar-refractivity contribution in [3.63, 3.8) is 0 Å². The molecule has 2 aromatic rings. The number of hydrogen-bond acceptors (Lipinski definition) is 8. The van der Waals surface area contributed by atoms with E-state index in [0.29, 0.717) is 30.3 Å². The third-order valence-electron chi connectivity index (χ3n) is 4.42. The van der Waals surface area contributed by atoms with Gasteiger partial charge in [0.15, 0.2) is 6.61 Å². The normalized spacial score (nSPS) is 18.5. The number of nitrogens with one attached hydrogen (secondary N) is 1. The zero-order chi connectivity index (χ0) is 21.2. The Morgan fingerprint density at radius 2 is 2.03 bits per heavy atom. The topological polar surface area (TPSA) is 119 Å². The van der Waals surface area contributed by atoms with Crippen molar-refractivity contribution in [1.29, 1.82) is 0 Å². The second-order valence-electron chi connectivity index (χ2n) is 7.92. The van der Waals surface area contributed by atoms with E-state index in [-0.39, 0.29) is 11.4 Å². The number of carbonyl (C=O) groups excluding carboxylic acids is 2. The lowest BCUT2D eigenvalue weighted by molar-refractivity contribution is -0.153. The van der Waals surface area contributed by atoms with Crippen molar-refractivity contribution in [3.8, 4) is 0 Å². The molecule has 1 atom stereocenters. The summed E-state index contributed by atoms with van der Waals surface area (Å²) in [6, 6.07) is 3.78. The molecule has 11 heteroatoms. The molecule has 1 fully saturated rings. The quantitative estimate of drug-likeness (QED) is 0.703. The Bertz CT molecular complexity index is 1010. The summed E-state index contributed by atoms with van der Waals surface area (Å²) in [7, 11) is -3.98. The molecule has 0 aliphatic carbocycles. The highest BCUT2D eigenvalue weighted by molar-refractivity contribution is 7.89. The third kappa shape index (κ3) is 4.90. The molecule has 0 saturated carbocycles. The molecule has 1 saturated heterocycles. The summed E-state index contributed by atoms with van der Waals surface area (Å²) in [4.78, 5) is 24.6. The molecule has 0 bridgehead atoms. The van der Waals surface area contributed by atoms with Crippen molar-refractivity contribution in [3.05, 3.63) is 18.2 Å². The van der Waals surface area contributed by atoms with E-state index in [2.05, 4.69) is 14.1 Å². The standard InChI is InChI=1S/C18H24N4O5S2/c1-18(2,3)19-15(23)11-27-17(24)13-8-4-5-10-22(13)29(25,26)14-9-6-7-12-16(14)21-28-20-12/h6-7,9,13H,4-5,8,10-11H2,1-3H3,(H,19,23). The molecule has 1 aromatic heterocycles. The summed E-state index contributed by atoms with van der Waals surface area (Å²) >= 11 is 0.934. The maximum absolute atomic E-state index is 13.3. The lowest BCUT2D eigenvalue weighted by Crippen LogP contribution is -2.49. The van der Waals surface area contributed by atoms with Gasteiger partial charge in [-0.25, -0.2) is 8.42 Å². The number of nitrogens with zero attached hydrogens (tertiary/aromatic N) is 3. The van der Waals surface area contributed by atoms with Crippen LogP contribution in [0.3, 0.4) is 0 Å². The van der Waals surface area contributed by atoms with Gasteiger partial charge >= 0.3 is 5.97 Å². The van der Waals surface area contributed by atoms with Gasteiger partial charge in [-0.05, 0) is 52.2 Å². The van der Waals surface area contributed by atoms with Crippen molar-refractivity contribution in [2.24, 2.45) is 0 Å². The first-order chi connectivity index (χ1) is 13.6. The monoisotopic (exact) mass is 440 g/mol. The lowest BCUT2D eigenvalue weighted by atomic mass is 10.1. The number of aromatic nitrogens is 2. The summed E-state index contributed by atoms with van der Waals surface area (Å²) in [5, 5.41) is 2.70. The van der Waals surface area contributed by atoms with Crippen LogP contribution in [0.4, 0.5) is 0 Å². The average Bonchev–Trinajstić information content (AvgIpc) is 3.13. The van der Waals surface area contributed by atoms with Crippen LogP contribution in [0.5, 0.6) is 0 Å². The number of piperidine rings is 1. The van der Waals surface area contributed by atoms with E-state index in [1.54, 1.807) is 12.1 Å². The fourth-order valence-electron chi connectivity index (χ4n) is 3.23. The molecule has 29 heavy (non-hydrogen) atoms. The Balaban J connectivity index is 1.79. The van der Waals surface area contributed by atoms with Crippen LogP contribution in [0, 0.1) is 0 Å². The smallest absolute Gasteiger partial charge is 0.324 e. The van der Waals surface area contributed by atoms with Gasteiger partial charge in [0, 0.05) is 12.1 Å². The first-order valence-electron chi connectivity index (χ1n) is 9.30. The molecule has 2 heterocycles. The fraction of sp³-hybridized carbons (Fsp3) is 0.556. The number of carbonyl (C=O) groups is 2. The van der Waals surface area contributed by atoms with E-state index in [1.165, 1.54) is 6.07 Å². The largest absolute Gasteiger partial charge is 0.454 e. The second kappa shape index (κ2) is 8.33. The van der Waals surface area contributed by atoms with Crippen molar-refractivity contribution in [1.82, 2.24) is 18.4 Å². The van der Waals surface area contributed by atoms with Crippen molar-refractivity contribution < 1.29 is 22.7 Å². The van der Waals surface area contributed by atoms with E-state index >= 15 is 0 Å². The van der Waals surface area contributed by atoms with Crippen LogP contribution >= 0.6 is 11.7 Å². The Kier molecular flexibility index (Phi) is 6.20. The average molecular weight is 441 g/mol. The lowest BCUT2D eigenvalue weighted by Gasteiger charge is -2.33. The molecule has 0 radical (unpaired) electrons. The Labute approximate surface area is 173 Å². The molecular weight excluding hydrogens is 416 g/mol. The molecule has 1 aromatic carbocycles. The summed E-state index contributed by atoms with van der Waals surface area (Å²) in [5.41, 5.74) is 0.329. The third-order valence-corrected chi connectivity index (χ3v) is 6.90. The maximum Gasteiger partial charge on any atom is 0.324 e. The minimum atomic E-state index is -3.98. The maximum atomic E-state index is 13.3. The van der Waals surface area contributed by atoms with Crippen LogP contribution in [0.1, 0.15) is 40.0 Å². The SMILES string of the molecule is CC(C)(C)NC(=O)COC(=O)C1CCCCN1S(=O)(=O)c1cccc2nsnc12. The number of hydrogen-bond donors (Lipinski definition) is 1. The minimum Gasteiger partial charge on any atom is -0.454 e. The van der Waals surface area contributed by atoms with Crippen LogP contribution < -0.4 is 5.32 Å². The van der Waals surface area contributed by atoms with Gasteiger partial charge in [-0.3, -0.25) is 9.59 Å². The van der Waals surface area contributed by atoms with Gasteiger partial charge in [-0.2, -0.15) is 13.1 Å². The van der Waals surface area contributed by atoms with E-state index < -0.39 is 40.1 Å². The van der Waals surface area contributed by atoms with Crippen LogP contribution in [-0.2, 0) is 24.3 Å². The van der Waals surface area contributed by atoms with Gasteiger partial charge in [0.1, 0.15) is 22.0 Å². The molecule has 1 aliphatic heterocycles. The van der Waals surface area contributed by atoms with Crippen molar-refractivity contribution >= 4 is 44.7 Å². The van der Waals surface area contributed by atoms with Gasteiger partial charge in [0.2, 0.25) is 10.0 Å². The number of sulfonamides is 1. The number of amides is 1. The Morgan fingerprint density at radius 1 is 1.28 bits per heavy atom. The predicted octanol–water partition coefficient (Wildman–Crippen LogP) is 1.69. The molecule has 158 valence electrons. The number of rotatable bonds is 5. The molecule has 0 spiro atoms. The van der Waals surface area contributed by atoms with Gasteiger partial charge in [-0.1, -0.05) is 6.07 Å². The first kappa shape index (κ1) is 21.6. The van der Waals surface area contributed by atoms with E-state index in [4.69, 9.17) is 4.74 Å². The zero-order valence-corrected chi connectivity index (χ0v) is 18.2. The summed E-state index contributed by atoms with van der Waals surface area (Å²) < 4.78 is 41.1. The summed E-state index contributed by atoms with van der Waals surface area (Å²) in [6.45, 7) is 5.19. The van der Waals surface area contributed by atoms with Crippen LogP contribution in [0.2, 0.25) is 0 Å². The number of ether oxygens (including phenoxy) is 1. The van der Waals surface area contributed by atoms with Crippen LogP contribution in [-0.4, -0.2) is 58.1 Å². The minimum absolute atomic E-state index is 0.0222. The van der Waals surface area contributed by atoms with Crippen LogP contribution in [0.15, 0.2) is 23.1 Å². The van der Waals surface area contributed by atoms with E-state index in [1.807, 2.05) is 20.8 Å². The Hall–Kier alpha value is -2.11. The highest BCUT2D eigenvalue weighted by Crippen LogP contribution is 2.29. The predicted molar refractivity (Wildman–Crippen MR) is 108 cm³/mol. The number of benzene rings is 1. The zero-order valence-electron chi connectivity index (χ0n) is 16.5. The molecule has 1 aliphatic rings. The van der Waals surface area contributed by atoms with Crippen LogP contribution in [0.25, 0.3) is 11.0 Å². The molecule has 1 N–H and O–H groups in total. The van der Waals surface area contributed by atoms with Gasteiger partial charge in [0.25, 0.3) is 5.91 Å². The highest BCUT2D eigenvalue weighted by atomic mass is 32.2. The number of fused-ring (bicyclic) bond motifs is 1. The van der Waals surface area contributed by atoms with Gasteiger partial charge in [0.05, 0.1) is 11.7 Å². The molecule has 1 amide bonds. The second-order valence-corrected chi connectivity index (χ2v) is 10.3. The van der Waals surface area contributed by atoms with Gasteiger partial charge < -0.3 is 10.1 Å². The molecule has 9 nitrogen and oxygen atoms in total. The Morgan fingerprint density at radius 3 is 2.76 bits per heavy atom. The molecular formula is C18H24N4O5S2. The van der Waals surface area contributed by atoms with E-state index in [9.17, 15) is 18.0 Å². The summed E-state index contributed by atoms with van der Waals surface area (Å²) in [6.07, 6.45) is 1.67. The highest BCUT2D eigenvalue weighted by Gasteiger charge is 2.39.